The highest BCUT2D eigenvalue weighted by Crippen LogP contribution is 2.25. The zero-order valence-corrected chi connectivity index (χ0v) is 16.4. The van der Waals surface area contributed by atoms with Gasteiger partial charge in [-0.2, -0.15) is 5.26 Å². The first-order chi connectivity index (χ1) is 15.1. The van der Waals surface area contributed by atoms with Crippen molar-refractivity contribution in [3.8, 4) is 11.8 Å². The fourth-order valence-corrected chi connectivity index (χ4v) is 3.06. The number of nitrogens with zero attached hydrogens (tertiary/aromatic N) is 4. The van der Waals surface area contributed by atoms with Gasteiger partial charge in [0.25, 0.3) is 5.69 Å². The van der Waals surface area contributed by atoms with Gasteiger partial charge in [0.05, 0.1) is 22.1 Å². The van der Waals surface area contributed by atoms with Crippen molar-refractivity contribution in [3.63, 3.8) is 0 Å². The molecule has 0 saturated carbocycles. The van der Waals surface area contributed by atoms with E-state index in [1.54, 1.807) is 24.5 Å². The molecule has 0 radical (unpaired) electrons. The van der Waals surface area contributed by atoms with Crippen molar-refractivity contribution in [2.75, 3.05) is 5.32 Å². The molecule has 0 spiro atoms. The number of anilines is 1. The molecule has 0 aliphatic heterocycles. The summed E-state index contributed by atoms with van der Waals surface area (Å²) in [6.45, 7) is 0.945. The number of pyridine rings is 2. The molecule has 0 amide bonds. The van der Waals surface area contributed by atoms with E-state index in [-0.39, 0.29) is 5.69 Å². The molecule has 2 aromatic heterocycles. The van der Waals surface area contributed by atoms with Crippen LogP contribution in [0.3, 0.4) is 0 Å². The van der Waals surface area contributed by atoms with Crippen LogP contribution >= 0.6 is 0 Å². The lowest BCUT2D eigenvalue weighted by Gasteiger charge is -2.10. The van der Waals surface area contributed by atoms with E-state index in [0.29, 0.717) is 35.4 Å². The van der Waals surface area contributed by atoms with Crippen LogP contribution in [0.5, 0.6) is 5.75 Å². The molecule has 0 saturated heterocycles. The van der Waals surface area contributed by atoms with Crippen molar-refractivity contribution in [1.82, 2.24) is 9.97 Å². The van der Waals surface area contributed by atoms with E-state index >= 15 is 0 Å². The van der Waals surface area contributed by atoms with Crippen molar-refractivity contribution < 1.29 is 9.66 Å². The molecule has 2 aromatic carbocycles. The van der Waals surface area contributed by atoms with Crippen LogP contribution in [0.25, 0.3) is 10.9 Å². The maximum Gasteiger partial charge on any atom is 0.270 e. The predicted octanol–water partition coefficient (Wildman–Crippen LogP) is 4.60. The molecule has 152 valence electrons. The van der Waals surface area contributed by atoms with Crippen LogP contribution in [0.15, 0.2) is 73.1 Å². The first-order valence-corrected chi connectivity index (χ1v) is 9.46. The number of nitrogens with one attached hydrogen (secondary N) is 1. The maximum absolute atomic E-state index is 11.0. The minimum absolute atomic E-state index is 0.0719. The fraction of sp³-hybridized carbons (Fsp3) is 0.0870. The molecule has 2 heterocycles. The Balaban J connectivity index is 1.43. The number of benzene rings is 2. The summed E-state index contributed by atoms with van der Waals surface area (Å²) in [6.07, 6.45) is 3.49. The molecule has 0 fully saturated rings. The molecule has 0 bridgehead atoms. The zero-order chi connectivity index (χ0) is 21.6. The Morgan fingerprint density at radius 3 is 2.65 bits per heavy atom. The first-order valence-electron chi connectivity index (χ1n) is 9.46. The van der Waals surface area contributed by atoms with Gasteiger partial charge in [0.1, 0.15) is 18.2 Å². The Morgan fingerprint density at radius 1 is 1.10 bits per heavy atom. The van der Waals surface area contributed by atoms with Crippen LogP contribution in [0, 0.1) is 21.4 Å². The molecule has 4 rings (SSSR count). The Labute approximate surface area is 177 Å². The van der Waals surface area contributed by atoms with Gasteiger partial charge in [-0.3, -0.25) is 15.1 Å². The van der Waals surface area contributed by atoms with Crippen LogP contribution in [-0.2, 0) is 13.2 Å². The number of ether oxygens (including phenoxy) is 1. The van der Waals surface area contributed by atoms with Crippen molar-refractivity contribution in [1.29, 1.82) is 5.26 Å². The van der Waals surface area contributed by atoms with Crippen molar-refractivity contribution in [3.05, 3.63) is 99.9 Å². The number of hydrogen-bond donors (Lipinski definition) is 1. The second kappa shape index (κ2) is 8.88. The SMILES string of the molecule is N#Cc1cc(NCc2ccc(OCc3cccnc3)cc2)nc2ccc([N+](=O)[O-])cc12. The summed E-state index contributed by atoms with van der Waals surface area (Å²) >= 11 is 0. The van der Waals surface area contributed by atoms with Gasteiger partial charge in [0.15, 0.2) is 0 Å². The average molecular weight is 411 g/mol. The van der Waals surface area contributed by atoms with Gasteiger partial charge < -0.3 is 10.1 Å². The summed E-state index contributed by atoms with van der Waals surface area (Å²) in [4.78, 5) is 19.0. The third-order valence-electron chi connectivity index (χ3n) is 4.65. The third kappa shape index (κ3) is 4.74. The minimum Gasteiger partial charge on any atom is -0.489 e. The second-order valence-corrected chi connectivity index (χ2v) is 6.77. The van der Waals surface area contributed by atoms with Gasteiger partial charge in [0.2, 0.25) is 0 Å². The Kier molecular flexibility index (Phi) is 5.67. The number of aromatic nitrogens is 2. The zero-order valence-electron chi connectivity index (χ0n) is 16.4. The molecule has 8 heteroatoms. The van der Waals surface area contributed by atoms with Gasteiger partial charge in [-0.25, -0.2) is 4.98 Å². The quantitative estimate of drug-likeness (QED) is 0.349. The van der Waals surface area contributed by atoms with E-state index in [1.807, 2.05) is 36.4 Å². The van der Waals surface area contributed by atoms with Gasteiger partial charge in [-0.05, 0) is 35.9 Å². The molecule has 0 aliphatic rings. The molecule has 0 unspecified atom stereocenters. The minimum atomic E-state index is -0.489. The van der Waals surface area contributed by atoms with Crippen LogP contribution < -0.4 is 10.1 Å². The number of non-ortho nitro benzene ring substituents is 1. The number of hydrogen-bond acceptors (Lipinski definition) is 7. The van der Waals surface area contributed by atoms with E-state index in [1.165, 1.54) is 12.1 Å². The molecule has 4 aromatic rings. The summed E-state index contributed by atoms with van der Waals surface area (Å²) in [5.74, 6) is 1.28. The fourth-order valence-electron chi connectivity index (χ4n) is 3.06. The summed E-state index contributed by atoms with van der Waals surface area (Å²) in [5, 5.41) is 24.1. The molecule has 0 aliphatic carbocycles. The normalized spacial score (nSPS) is 10.4. The molecular weight excluding hydrogens is 394 g/mol. The van der Waals surface area contributed by atoms with Crippen molar-refractivity contribution >= 4 is 22.4 Å². The highest BCUT2D eigenvalue weighted by Gasteiger charge is 2.11. The monoisotopic (exact) mass is 411 g/mol. The topological polar surface area (TPSA) is 114 Å². The van der Waals surface area contributed by atoms with Crippen LogP contribution in [0.4, 0.5) is 11.5 Å². The van der Waals surface area contributed by atoms with Crippen molar-refractivity contribution in [2.45, 2.75) is 13.2 Å². The third-order valence-corrected chi connectivity index (χ3v) is 4.65. The Hall–Kier alpha value is -4.51. The Morgan fingerprint density at radius 2 is 1.94 bits per heavy atom. The van der Waals surface area contributed by atoms with Crippen LogP contribution in [-0.4, -0.2) is 14.9 Å². The first kappa shape index (κ1) is 19.8. The highest BCUT2D eigenvalue weighted by atomic mass is 16.6. The lowest BCUT2D eigenvalue weighted by molar-refractivity contribution is -0.384. The number of nitro benzene ring substituents is 1. The predicted molar refractivity (Wildman–Crippen MR) is 115 cm³/mol. The van der Waals surface area contributed by atoms with E-state index in [4.69, 9.17) is 4.74 Å². The summed E-state index contributed by atoms with van der Waals surface area (Å²) in [7, 11) is 0. The number of nitro groups is 1. The van der Waals surface area contributed by atoms with Crippen LogP contribution in [0.2, 0.25) is 0 Å². The van der Waals surface area contributed by atoms with Gasteiger partial charge in [-0.15, -0.1) is 0 Å². The van der Waals surface area contributed by atoms with Gasteiger partial charge in [-0.1, -0.05) is 18.2 Å². The van der Waals surface area contributed by atoms with E-state index in [2.05, 4.69) is 21.4 Å². The van der Waals surface area contributed by atoms with Gasteiger partial charge in [0, 0.05) is 42.0 Å². The largest absolute Gasteiger partial charge is 0.489 e. The molecular formula is C23H17N5O3. The summed E-state index contributed by atoms with van der Waals surface area (Å²) in [6, 6.07) is 19.5. The standard InChI is InChI=1S/C23H17N5O3/c24-12-18-10-23(27-22-8-5-19(28(29)30)11-21(18)22)26-14-16-3-6-20(7-4-16)31-15-17-2-1-9-25-13-17/h1-11,13H,14-15H2,(H,26,27). The number of fused-ring (bicyclic) bond motifs is 1. The highest BCUT2D eigenvalue weighted by molar-refractivity contribution is 5.88. The lowest BCUT2D eigenvalue weighted by atomic mass is 10.1. The van der Waals surface area contributed by atoms with Crippen LogP contribution in [0.1, 0.15) is 16.7 Å². The van der Waals surface area contributed by atoms with E-state index < -0.39 is 4.92 Å². The summed E-state index contributed by atoms with van der Waals surface area (Å²) in [5.41, 5.74) is 2.78. The van der Waals surface area contributed by atoms with E-state index in [0.717, 1.165) is 16.9 Å². The summed E-state index contributed by atoms with van der Waals surface area (Å²) < 4.78 is 5.76. The van der Waals surface area contributed by atoms with E-state index in [9.17, 15) is 15.4 Å². The number of nitriles is 1. The molecule has 8 nitrogen and oxygen atoms in total. The van der Waals surface area contributed by atoms with Crippen molar-refractivity contribution in [2.24, 2.45) is 0 Å². The molecule has 31 heavy (non-hydrogen) atoms. The lowest BCUT2D eigenvalue weighted by Crippen LogP contribution is -2.03. The molecule has 0 atom stereocenters. The number of rotatable bonds is 7. The second-order valence-electron chi connectivity index (χ2n) is 6.77. The Bertz CT molecular complexity index is 1270. The maximum atomic E-state index is 11.0. The smallest absolute Gasteiger partial charge is 0.270 e. The average Bonchev–Trinajstić information content (AvgIpc) is 2.81. The van der Waals surface area contributed by atoms with Gasteiger partial charge >= 0.3 is 0 Å². The molecule has 1 N–H and O–H groups in total.